The van der Waals surface area contributed by atoms with Crippen LogP contribution in [0.15, 0.2) is 47.6 Å². The summed E-state index contributed by atoms with van der Waals surface area (Å²) >= 11 is 5.24. The number of nitrogens with zero attached hydrogens (tertiary/aromatic N) is 4. The van der Waals surface area contributed by atoms with Crippen molar-refractivity contribution in [1.29, 1.82) is 0 Å². The number of aromatic amines is 1. The molecule has 0 radical (unpaired) electrons. The maximum Gasteiger partial charge on any atom is 0.216 e. The van der Waals surface area contributed by atoms with E-state index in [1.807, 2.05) is 43.3 Å². The third-order valence-electron chi connectivity index (χ3n) is 3.61. The van der Waals surface area contributed by atoms with Crippen LogP contribution in [0.4, 0.5) is 5.69 Å². The van der Waals surface area contributed by atoms with E-state index in [4.69, 9.17) is 12.2 Å². The highest BCUT2D eigenvalue weighted by molar-refractivity contribution is 7.71. The minimum atomic E-state index is -0.209. The lowest BCUT2D eigenvalue weighted by molar-refractivity contribution is 0.403. The normalized spacial score (nSPS) is 11.1. The number of nitrogens with one attached hydrogen (secondary N) is 1. The minimum absolute atomic E-state index is 0.182. The van der Waals surface area contributed by atoms with Gasteiger partial charge in [-0.2, -0.15) is 14.9 Å². The Morgan fingerprint density at radius 1 is 1.12 bits per heavy atom. The van der Waals surface area contributed by atoms with Crippen molar-refractivity contribution >= 4 is 24.1 Å². The highest BCUT2D eigenvalue weighted by atomic mass is 32.1. The van der Waals surface area contributed by atoms with Gasteiger partial charge in [0.1, 0.15) is 0 Å². The second-order valence-electron chi connectivity index (χ2n) is 5.60. The highest BCUT2D eigenvalue weighted by Gasteiger charge is 2.08. The summed E-state index contributed by atoms with van der Waals surface area (Å²) in [5, 5.41) is 30.2. The molecule has 25 heavy (non-hydrogen) atoms. The molecular formula is C17H17N5O2S. The van der Waals surface area contributed by atoms with Crippen molar-refractivity contribution in [2.24, 2.45) is 5.10 Å². The van der Waals surface area contributed by atoms with Gasteiger partial charge in [0.2, 0.25) is 4.77 Å². The van der Waals surface area contributed by atoms with E-state index in [-0.39, 0.29) is 11.5 Å². The number of rotatable bonds is 4. The van der Waals surface area contributed by atoms with Gasteiger partial charge in [-0.1, -0.05) is 0 Å². The molecule has 0 aliphatic rings. The van der Waals surface area contributed by atoms with Crippen LogP contribution in [-0.2, 0) is 0 Å². The van der Waals surface area contributed by atoms with Crippen LogP contribution in [-0.4, -0.2) is 45.4 Å². The Bertz CT molecular complexity index is 973. The number of benzene rings is 2. The summed E-state index contributed by atoms with van der Waals surface area (Å²) in [6.45, 7) is 0. The second-order valence-corrected chi connectivity index (χ2v) is 5.98. The smallest absolute Gasteiger partial charge is 0.216 e. The highest BCUT2D eigenvalue weighted by Crippen LogP contribution is 2.24. The zero-order valence-electron chi connectivity index (χ0n) is 13.7. The largest absolute Gasteiger partial charge is 0.504 e. The van der Waals surface area contributed by atoms with E-state index in [0.717, 1.165) is 11.3 Å². The van der Waals surface area contributed by atoms with Gasteiger partial charge in [-0.25, -0.2) is 5.10 Å². The van der Waals surface area contributed by atoms with Crippen LogP contribution in [0.25, 0.3) is 11.4 Å². The lowest BCUT2D eigenvalue weighted by Gasteiger charge is -2.12. The number of hydrogen-bond acceptors (Lipinski definition) is 6. The quantitative estimate of drug-likeness (QED) is 0.380. The average Bonchev–Trinajstić information content (AvgIpc) is 2.97. The molecule has 3 aromatic rings. The number of aromatic nitrogens is 3. The van der Waals surface area contributed by atoms with Crippen LogP contribution >= 0.6 is 12.2 Å². The van der Waals surface area contributed by atoms with E-state index >= 15 is 0 Å². The molecular weight excluding hydrogens is 338 g/mol. The van der Waals surface area contributed by atoms with Gasteiger partial charge < -0.3 is 15.1 Å². The van der Waals surface area contributed by atoms with Gasteiger partial charge in [-0.15, -0.1) is 0 Å². The molecule has 0 bridgehead atoms. The summed E-state index contributed by atoms with van der Waals surface area (Å²) in [6.07, 6.45) is 1.53. The standard InChI is InChI=1S/C17H17N5O2S/c1-21(2)13-6-4-12(5-7-13)16-19-20-17(25)22(16)18-10-11-3-8-14(23)15(24)9-11/h3-10,23-24H,1-2H3,(H,20,25). The van der Waals surface area contributed by atoms with Gasteiger partial charge in [0, 0.05) is 25.3 Å². The maximum atomic E-state index is 9.55. The monoisotopic (exact) mass is 355 g/mol. The lowest BCUT2D eigenvalue weighted by atomic mass is 10.2. The fraction of sp³-hybridized carbons (Fsp3) is 0.118. The van der Waals surface area contributed by atoms with Crippen LogP contribution in [0, 0.1) is 4.77 Å². The van der Waals surface area contributed by atoms with Crippen molar-refractivity contribution < 1.29 is 10.2 Å². The molecule has 2 aromatic carbocycles. The van der Waals surface area contributed by atoms with Crippen LogP contribution in [0.5, 0.6) is 11.5 Å². The summed E-state index contributed by atoms with van der Waals surface area (Å²) in [6, 6.07) is 12.3. The molecule has 7 nitrogen and oxygen atoms in total. The molecule has 8 heteroatoms. The molecule has 3 N–H and O–H groups in total. The van der Waals surface area contributed by atoms with Crippen LogP contribution in [0.2, 0.25) is 0 Å². The van der Waals surface area contributed by atoms with Gasteiger partial charge in [0.05, 0.1) is 6.21 Å². The van der Waals surface area contributed by atoms with E-state index in [2.05, 4.69) is 15.3 Å². The molecule has 128 valence electrons. The first kappa shape index (κ1) is 16.7. The number of hydrogen-bond donors (Lipinski definition) is 3. The van der Waals surface area contributed by atoms with Gasteiger partial charge in [-0.05, 0) is 60.2 Å². The van der Waals surface area contributed by atoms with E-state index in [9.17, 15) is 10.2 Å². The summed E-state index contributed by atoms with van der Waals surface area (Å²) in [5.41, 5.74) is 2.56. The molecule has 0 fully saturated rings. The summed E-state index contributed by atoms with van der Waals surface area (Å²) < 4.78 is 1.86. The molecule has 0 unspecified atom stereocenters. The van der Waals surface area contributed by atoms with E-state index in [0.29, 0.717) is 16.2 Å². The van der Waals surface area contributed by atoms with E-state index in [1.165, 1.54) is 23.0 Å². The van der Waals surface area contributed by atoms with Crippen LogP contribution < -0.4 is 4.90 Å². The van der Waals surface area contributed by atoms with E-state index in [1.54, 1.807) is 6.07 Å². The first-order chi connectivity index (χ1) is 12.0. The van der Waals surface area contributed by atoms with Gasteiger partial charge >= 0.3 is 0 Å². The first-order valence-electron chi connectivity index (χ1n) is 7.47. The Balaban J connectivity index is 1.95. The molecule has 3 rings (SSSR count). The Hall–Kier alpha value is -3.13. The third kappa shape index (κ3) is 3.53. The van der Waals surface area contributed by atoms with Crippen molar-refractivity contribution in [3.8, 4) is 22.9 Å². The van der Waals surface area contributed by atoms with Gasteiger partial charge in [0.15, 0.2) is 17.3 Å². The van der Waals surface area contributed by atoms with Gasteiger partial charge in [0.25, 0.3) is 0 Å². The number of H-pyrrole nitrogens is 1. The van der Waals surface area contributed by atoms with Gasteiger partial charge in [-0.3, -0.25) is 0 Å². The second kappa shape index (κ2) is 6.78. The number of anilines is 1. The molecule has 0 aliphatic heterocycles. The molecule has 0 atom stereocenters. The van der Waals surface area contributed by atoms with Crippen LogP contribution in [0.1, 0.15) is 5.56 Å². The summed E-state index contributed by atoms with van der Waals surface area (Å²) in [7, 11) is 3.95. The Morgan fingerprint density at radius 3 is 2.48 bits per heavy atom. The Labute approximate surface area is 149 Å². The van der Waals surface area contributed by atoms with Crippen molar-refractivity contribution in [1.82, 2.24) is 14.9 Å². The summed E-state index contributed by atoms with van der Waals surface area (Å²) in [5.74, 6) is 0.188. The third-order valence-corrected chi connectivity index (χ3v) is 3.88. The van der Waals surface area contributed by atoms with Crippen molar-refractivity contribution in [3.05, 3.63) is 52.8 Å². The Morgan fingerprint density at radius 2 is 1.84 bits per heavy atom. The fourth-order valence-corrected chi connectivity index (χ4v) is 2.42. The molecule has 1 aromatic heterocycles. The molecule has 1 heterocycles. The molecule has 0 spiro atoms. The zero-order valence-corrected chi connectivity index (χ0v) is 14.5. The van der Waals surface area contributed by atoms with Crippen LogP contribution in [0.3, 0.4) is 0 Å². The topological polar surface area (TPSA) is 89.7 Å². The summed E-state index contributed by atoms with van der Waals surface area (Å²) in [4.78, 5) is 2.01. The zero-order chi connectivity index (χ0) is 18.0. The fourth-order valence-electron chi connectivity index (χ4n) is 2.24. The Kier molecular flexibility index (Phi) is 4.53. The number of aromatic hydroxyl groups is 2. The lowest BCUT2D eigenvalue weighted by Crippen LogP contribution is -2.08. The van der Waals surface area contributed by atoms with Crippen molar-refractivity contribution in [2.45, 2.75) is 0 Å². The minimum Gasteiger partial charge on any atom is -0.504 e. The van der Waals surface area contributed by atoms with E-state index < -0.39 is 0 Å². The SMILES string of the molecule is CN(C)c1ccc(-c2n[nH]c(=S)n2N=Cc2ccc(O)c(O)c2)cc1. The maximum absolute atomic E-state index is 9.55. The van der Waals surface area contributed by atoms with Crippen molar-refractivity contribution in [2.75, 3.05) is 19.0 Å². The molecule has 0 amide bonds. The first-order valence-corrected chi connectivity index (χ1v) is 7.88. The van der Waals surface area contributed by atoms with Crippen molar-refractivity contribution in [3.63, 3.8) is 0 Å². The molecule has 0 aliphatic carbocycles. The average molecular weight is 355 g/mol. The predicted octanol–water partition coefficient (Wildman–Crippen LogP) is 2.97. The molecule has 0 saturated heterocycles. The predicted molar refractivity (Wildman–Crippen MR) is 99.9 cm³/mol. The molecule has 0 saturated carbocycles. The number of phenolic OH excluding ortho intramolecular Hbond substituents is 2. The number of phenols is 2.